The SMILES string of the molecule is C=CCn1c(Sc2ccc(Cl)c(C#N)n2)nnc1C1CC1. The summed E-state index contributed by atoms with van der Waals surface area (Å²) in [6, 6.07) is 5.43. The number of nitrogens with zero attached hydrogens (tertiary/aromatic N) is 5. The van der Waals surface area contributed by atoms with Gasteiger partial charge in [0, 0.05) is 12.5 Å². The van der Waals surface area contributed by atoms with Crippen molar-refractivity contribution >= 4 is 23.4 Å². The Balaban J connectivity index is 1.91. The second-order valence-corrected chi connectivity index (χ2v) is 6.10. The van der Waals surface area contributed by atoms with Crippen LogP contribution >= 0.6 is 23.4 Å². The first-order valence-electron chi connectivity index (χ1n) is 6.51. The van der Waals surface area contributed by atoms with Crippen molar-refractivity contribution in [3.63, 3.8) is 0 Å². The van der Waals surface area contributed by atoms with E-state index in [0.29, 0.717) is 22.5 Å². The number of pyridine rings is 1. The molecular formula is C14H12ClN5S. The Hall–Kier alpha value is -1.84. The maximum atomic E-state index is 8.98. The van der Waals surface area contributed by atoms with E-state index in [2.05, 4.69) is 26.3 Å². The molecule has 7 heteroatoms. The van der Waals surface area contributed by atoms with Crippen molar-refractivity contribution in [2.24, 2.45) is 0 Å². The van der Waals surface area contributed by atoms with Gasteiger partial charge in [0.2, 0.25) is 0 Å². The molecule has 2 aromatic heterocycles. The lowest BCUT2D eigenvalue weighted by Crippen LogP contribution is -2.02. The van der Waals surface area contributed by atoms with Gasteiger partial charge < -0.3 is 4.57 Å². The first kappa shape index (κ1) is 14.1. The lowest BCUT2D eigenvalue weighted by Gasteiger charge is -2.06. The largest absolute Gasteiger partial charge is 0.302 e. The first-order chi connectivity index (χ1) is 10.2. The Bertz CT molecular complexity index is 729. The summed E-state index contributed by atoms with van der Waals surface area (Å²) in [5.74, 6) is 1.52. The van der Waals surface area contributed by atoms with Crippen molar-refractivity contribution in [2.45, 2.75) is 35.5 Å². The quantitative estimate of drug-likeness (QED) is 0.790. The average Bonchev–Trinajstić information content (AvgIpc) is 3.26. The molecule has 0 aromatic carbocycles. The molecule has 3 rings (SSSR count). The number of halogens is 1. The Labute approximate surface area is 131 Å². The highest BCUT2D eigenvalue weighted by Crippen LogP contribution is 2.40. The standard InChI is InChI=1S/C14H12ClN5S/c1-2-7-20-13(9-3-4-9)18-19-14(20)21-12-6-5-10(15)11(8-16)17-12/h2,5-6,9H,1,3-4,7H2. The molecule has 1 aliphatic rings. The van der Waals surface area contributed by atoms with Gasteiger partial charge >= 0.3 is 0 Å². The molecule has 2 heterocycles. The first-order valence-corrected chi connectivity index (χ1v) is 7.71. The van der Waals surface area contributed by atoms with Crippen molar-refractivity contribution in [1.82, 2.24) is 19.7 Å². The van der Waals surface area contributed by atoms with E-state index in [1.54, 1.807) is 12.1 Å². The van der Waals surface area contributed by atoms with Crippen molar-refractivity contribution in [3.8, 4) is 6.07 Å². The van der Waals surface area contributed by atoms with E-state index in [9.17, 15) is 0 Å². The summed E-state index contributed by atoms with van der Waals surface area (Å²) in [6.07, 6.45) is 4.16. The van der Waals surface area contributed by atoms with E-state index in [0.717, 1.165) is 23.8 Å². The third kappa shape index (κ3) is 2.94. The molecule has 5 nitrogen and oxygen atoms in total. The fourth-order valence-electron chi connectivity index (χ4n) is 1.97. The van der Waals surface area contributed by atoms with E-state index in [4.69, 9.17) is 16.9 Å². The van der Waals surface area contributed by atoms with Crippen LogP contribution in [-0.2, 0) is 6.54 Å². The molecule has 21 heavy (non-hydrogen) atoms. The molecular weight excluding hydrogens is 306 g/mol. The molecule has 0 N–H and O–H groups in total. The maximum absolute atomic E-state index is 8.98. The third-order valence-electron chi connectivity index (χ3n) is 3.12. The van der Waals surface area contributed by atoms with E-state index in [1.165, 1.54) is 11.8 Å². The zero-order valence-corrected chi connectivity index (χ0v) is 12.7. The van der Waals surface area contributed by atoms with Crippen LogP contribution in [0.4, 0.5) is 0 Å². The lowest BCUT2D eigenvalue weighted by molar-refractivity contribution is 0.681. The normalized spacial score (nSPS) is 13.9. The summed E-state index contributed by atoms with van der Waals surface area (Å²) in [5, 5.41) is 19.3. The topological polar surface area (TPSA) is 67.4 Å². The van der Waals surface area contributed by atoms with Crippen LogP contribution < -0.4 is 0 Å². The number of hydrogen-bond acceptors (Lipinski definition) is 5. The van der Waals surface area contributed by atoms with E-state index in [-0.39, 0.29) is 5.69 Å². The molecule has 0 amide bonds. The summed E-state index contributed by atoms with van der Waals surface area (Å²) in [6.45, 7) is 4.45. The van der Waals surface area contributed by atoms with Gasteiger partial charge in [0.15, 0.2) is 10.9 Å². The van der Waals surface area contributed by atoms with Crippen molar-refractivity contribution < 1.29 is 0 Å². The molecule has 1 fully saturated rings. The summed E-state index contributed by atoms with van der Waals surface area (Å²) < 4.78 is 2.05. The number of rotatable bonds is 5. The Morgan fingerprint density at radius 1 is 1.48 bits per heavy atom. The molecule has 0 unspecified atom stereocenters. The molecule has 0 radical (unpaired) electrons. The fourth-order valence-corrected chi connectivity index (χ4v) is 2.94. The third-order valence-corrected chi connectivity index (χ3v) is 4.35. The highest BCUT2D eigenvalue weighted by Gasteiger charge is 2.30. The van der Waals surface area contributed by atoms with Crippen molar-refractivity contribution in [3.05, 3.63) is 41.3 Å². The van der Waals surface area contributed by atoms with Gasteiger partial charge in [-0.2, -0.15) is 5.26 Å². The van der Waals surface area contributed by atoms with E-state index < -0.39 is 0 Å². The van der Waals surface area contributed by atoms with Gasteiger partial charge in [-0.1, -0.05) is 17.7 Å². The highest BCUT2D eigenvalue weighted by atomic mass is 35.5. The summed E-state index contributed by atoms with van der Waals surface area (Å²) in [5.41, 5.74) is 0.221. The smallest absolute Gasteiger partial charge is 0.197 e. The molecule has 0 saturated heterocycles. The predicted molar refractivity (Wildman–Crippen MR) is 80.3 cm³/mol. The number of aromatic nitrogens is 4. The van der Waals surface area contributed by atoms with Gasteiger partial charge in [-0.15, -0.1) is 16.8 Å². The minimum absolute atomic E-state index is 0.221. The van der Waals surface area contributed by atoms with Crippen LogP contribution in [0.1, 0.15) is 30.3 Å². The van der Waals surface area contributed by atoms with Gasteiger partial charge in [0.05, 0.1) is 5.02 Å². The van der Waals surface area contributed by atoms with Crippen LogP contribution in [0.25, 0.3) is 0 Å². The van der Waals surface area contributed by atoms with E-state index >= 15 is 0 Å². The summed E-state index contributed by atoms with van der Waals surface area (Å²) in [7, 11) is 0. The maximum Gasteiger partial charge on any atom is 0.197 e. The number of allylic oxidation sites excluding steroid dienone is 1. The second-order valence-electron chi connectivity index (χ2n) is 4.71. The van der Waals surface area contributed by atoms with Crippen LogP contribution in [0, 0.1) is 11.3 Å². The minimum atomic E-state index is 0.221. The van der Waals surface area contributed by atoms with Gasteiger partial charge in [0.25, 0.3) is 0 Å². The molecule has 106 valence electrons. The Morgan fingerprint density at radius 3 is 2.95 bits per heavy atom. The van der Waals surface area contributed by atoms with Gasteiger partial charge in [-0.3, -0.25) is 0 Å². The van der Waals surface area contributed by atoms with Crippen LogP contribution in [0.2, 0.25) is 5.02 Å². The van der Waals surface area contributed by atoms with Crippen LogP contribution in [-0.4, -0.2) is 19.7 Å². The zero-order valence-electron chi connectivity index (χ0n) is 11.2. The molecule has 1 saturated carbocycles. The molecule has 1 aliphatic carbocycles. The second kappa shape index (κ2) is 5.88. The van der Waals surface area contributed by atoms with Crippen LogP contribution in [0.5, 0.6) is 0 Å². The molecule has 0 atom stereocenters. The predicted octanol–water partition coefficient (Wildman–Crippen LogP) is 3.41. The summed E-state index contributed by atoms with van der Waals surface area (Å²) >= 11 is 7.27. The van der Waals surface area contributed by atoms with E-state index in [1.807, 2.05) is 12.1 Å². The Morgan fingerprint density at radius 2 is 2.29 bits per heavy atom. The van der Waals surface area contributed by atoms with Crippen molar-refractivity contribution in [1.29, 1.82) is 5.26 Å². The monoisotopic (exact) mass is 317 g/mol. The highest BCUT2D eigenvalue weighted by molar-refractivity contribution is 7.99. The minimum Gasteiger partial charge on any atom is -0.302 e. The lowest BCUT2D eigenvalue weighted by atomic mass is 10.4. The Kier molecular flexibility index (Phi) is 3.95. The number of nitriles is 1. The van der Waals surface area contributed by atoms with Crippen molar-refractivity contribution in [2.75, 3.05) is 0 Å². The fraction of sp³-hybridized carbons (Fsp3) is 0.286. The molecule has 0 spiro atoms. The van der Waals surface area contributed by atoms with Crippen LogP contribution in [0.15, 0.2) is 35.0 Å². The number of hydrogen-bond donors (Lipinski definition) is 0. The van der Waals surface area contributed by atoms with Gasteiger partial charge in [0.1, 0.15) is 16.9 Å². The van der Waals surface area contributed by atoms with Crippen LogP contribution in [0.3, 0.4) is 0 Å². The van der Waals surface area contributed by atoms with Gasteiger partial charge in [-0.25, -0.2) is 4.98 Å². The molecule has 0 aliphatic heterocycles. The summed E-state index contributed by atoms with van der Waals surface area (Å²) in [4.78, 5) is 4.22. The van der Waals surface area contributed by atoms with Gasteiger partial charge in [-0.05, 0) is 36.7 Å². The molecule has 0 bridgehead atoms. The average molecular weight is 318 g/mol. The zero-order chi connectivity index (χ0) is 14.8. The molecule has 2 aromatic rings.